The largest absolute Gasteiger partial charge is 0.573 e. The number of pyridine rings is 1. The molecule has 0 aliphatic rings. The van der Waals surface area contributed by atoms with Crippen molar-refractivity contribution in [1.82, 2.24) is 4.98 Å². The van der Waals surface area contributed by atoms with Gasteiger partial charge in [0.1, 0.15) is 6.67 Å². The highest BCUT2D eigenvalue weighted by Gasteiger charge is 2.33. The number of halogens is 4. The maximum Gasteiger partial charge on any atom is 0.573 e. The fourth-order valence-corrected chi connectivity index (χ4v) is 1.32. The van der Waals surface area contributed by atoms with Crippen LogP contribution in [0.3, 0.4) is 0 Å². The molecule has 0 radical (unpaired) electrons. The first-order valence-corrected chi connectivity index (χ1v) is 4.55. The van der Waals surface area contributed by atoms with E-state index in [2.05, 4.69) is 9.72 Å². The van der Waals surface area contributed by atoms with Crippen LogP contribution in [0.25, 0.3) is 0 Å². The minimum Gasteiger partial charge on any atom is -0.404 e. The van der Waals surface area contributed by atoms with Crippen LogP contribution in [0.4, 0.5) is 17.6 Å². The molecule has 0 unspecified atom stereocenters. The van der Waals surface area contributed by atoms with E-state index in [1.54, 1.807) is 6.07 Å². The van der Waals surface area contributed by atoms with E-state index >= 15 is 0 Å². The quantitative estimate of drug-likeness (QED) is 0.772. The molecule has 0 spiro atoms. The van der Waals surface area contributed by atoms with Crippen molar-refractivity contribution >= 4 is 0 Å². The highest BCUT2D eigenvalue weighted by atomic mass is 19.4. The van der Waals surface area contributed by atoms with Gasteiger partial charge in [0.2, 0.25) is 0 Å². The molecule has 0 aliphatic carbocycles. The van der Waals surface area contributed by atoms with E-state index in [4.69, 9.17) is 5.26 Å². The van der Waals surface area contributed by atoms with Gasteiger partial charge in [-0.05, 0) is 18.6 Å². The molecule has 1 rings (SSSR count). The Morgan fingerprint density at radius 2 is 2.12 bits per heavy atom. The monoisotopic (exact) mass is 248 g/mol. The Morgan fingerprint density at radius 1 is 1.47 bits per heavy atom. The summed E-state index contributed by atoms with van der Waals surface area (Å²) in [4.78, 5) is 3.60. The summed E-state index contributed by atoms with van der Waals surface area (Å²) in [5, 5.41) is 8.48. The Bertz CT molecular complexity index is 451. The highest BCUT2D eigenvalue weighted by molar-refractivity contribution is 5.39. The Labute approximate surface area is 94.6 Å². The summed E-state index contributed by atoms with van der Waals surface area (Å²) in [5.41, 5.74) is -0.144. The van der Waals surface area contributed by atoms with Gasteiger partial charge in [-0.3, -0.25) is 4.98 Å². The van der Waals surface area contributed by atoms with Crippen LogP contribution in [0.2, 0.25) is 0 Å². The normalized spacial score (nSPS) is 11.1. The maximum atomic E-state index is 12.4. The Morgan fingerprint density at radius 3 is 2.59 bits per heavy atom. The summed E-state index contributed by atoms with van der Waals surface area (Å²) < 4.78 is 52.5. The molecule has 1 aromatic rings. The average molecular weight is 248 g/mol. The van der Waals surface area contributed by atoms with E-state index in [0.717, 1.165) is 6.07 Å². The van der Waals surface area contributed by atoms with Crippen LogP contribution in [0.5, 0.6) is 5.75 Å². The number of ether oxygens (including phenoxy) is 1. The molecular weight excluding hydrogens is 240 g/mol. The van der Waals surface area contributed by atoms with E-state index in [0.29, 0.717) is 0 Å². The molecule has 0 N–H and O–H groups in total. The number of aromatic nitrogens is 1. The fraction of sp³-hybridized carbons (Fsp3) is 0.400. The van der Waals surface area contributed by atoms with E-state index in [1.807, 2.05) is 0 Å². The predicted molar refractivity (Wildman–Crippen MR) is 49.8 cm³/mol. The molecule has 1 heterocycles. The first-order valence-electron chi connectivity index (χ1n) is 4.55. The Hall–Kier alpha value is -1.84. The van der Waals surface area contributed by atoms with Gasteiger partial charge in [0.15, 0.2) is 5.75 Å². The number of hydrogen-bond donors (Lipinski definition) is 0. The van der Waals surface area contributed by atoms with Crippen molar-refractivity contribution in [3.8, 4) is 11.8 Å². The lowest BCUT2D eigenvalue weighted by molar-refractivity contribution is -0.275. The van der Waals surface area contributed by atoms with Gasteiger partial charge < -0.3 is 4.74 Å². The molecule has 1 aromatic heterocycles. The summed E-state index contributed by atoms with van der Waals surface area (Å²) in [6.45, 7) is 0.425. The van der Waals surface area contributed by atoms with Crippen LogP contribution in [-0.4, -0.2) is 11.3 Å². The first kappa shape index (κ1) is 13.2. The van der Waals surface area contributed by atoms with Gasteiger partial charge in [0.05, 0.1) is 23.9 Å². The number of hydrogen-bond acceptors (Lipinski definition) is 3. The van der Waals surface area contributed by atoms with Gasteiger partial charge >= 0.3 is 6.36 Å². The van der Waals surface area contributed by atoms with Crippen LogP contribution >= 0.6 is 0 Å². The Kier molecular flexibility index (Phi) is 3.89. The zero-order valence-electron chi connectivity index (χ0n) is 8.81. The second-order valence-electron chi connectivity index (χ2n) is 3.22. The van der Waals surface area contributed by atoms with Crippen molar-refractivity contribution in [3.63, 3.8) is 0 Å². The topological polar surface area (TPSA) is 45.9 Å². The van der Waals surface area contributed by atoms with Crippen LogP contribution in [-0.2, 0) is 13.1 Å². The van der Waals surface area contributed by atoms with Crippen LogP contribution < -0.4 is 4.74 Å². The van der Waals surface area contributed by atoms with E-state index in [9.17, 15) is 17.6 Å². The number of rotatable bonds is 3. The predicted octanol–water partition coefficient (Wildman–Crippen LogP) is 2.82. The van der Waals surface area contributed by atoms with Gasteiger partial charge in [-0.15, -0.1) is 13.2 Å². The lowest BCUT2D eigenvalue weighted by Crippen LogP contribution is -2.19. The smallest absolute Gasteiger partial charge is 0.404 e. The van der Waals surface area contributed by atoms with Gasteiger partial charge in [-0.25, -0.2) is 4.39 Å². The minimum atomic E-state index is -4.87. The molecule has 0 atom stereocenters. The molecule has 0 aromatic carbocycles. The number of nitrogens with zero attached hydrogens (tertiary/aromatic N) is 2. The van der Waals surface area contributed by atoms with Gasteiger partial charge in [-0.2, -0.15) is 5.26 Å². The molecule has 0 amide bonds. The molecule has 0 saturated carbocycles. The highest BCUT2D eigenvalue weighted by Crippen LogP contribution is 2.29. The number of alkyl halides is 4. The standard InChI is InChI=1S/C10H8F4N2O/c1-6-4-7(5-11)16-8(2-3-15)9(6)17-10(12,13)14/h4H,2,5H2,1H3. The van der Waals surface area contributed by atoms with Crippen molar-refractivity contribution in [2.24, 2.45) is 0 Å². The van der Waals surface area contributed by atoms with E-state index < -0.39 is 18.8 Å². The Balaban J connectivity index is 3.22. The zero-order valence-corrected chi connectivity index (χ0v) is 8.81. The summed E-state index contributed by atoms with van der Waals surface area (Å²) in [6, 6.07) is 2.81. The van der Waals surface area contributed by atoms with Crippen molar-refractivity contribution in [2.75, 3.05) is 0 Å². The van der Waals surface area contributed by atoms with Crippen molar-refractivity contribution in [1.29, 1.82) is 5.26 Å². The summed E-state index contributed by atoms with van der Waals surface area (Å²) >= 11 is 0. The number of nitriles is 1. The molecule has 17 heavy (non-hydrogen) atoms. The second-order valence-corrected chi connectivity index (χ2v) is 3.22. The molecule has 0 fully saturated rings. The molecule has 0 bridgehead atoms. The minimum absolute atomic E-state index is 0.0257. The molecule has 92 valence electrons. The average Bonchev–Trinajstić information content (AvgIpc) is 2.21. The first-order chi connectivity index (χ1) is 7.87. The van der Waals surface area contributed by atoms with Gasteiger partial charge in [0.25, 0.3) is 0 Å². The van der Waals surface area contributed by atoms with E-state index in [-0.39, 0.29) is 23.4 Å². The van der Waals surface area contributed by atoms with Crippen LogP contribution in [0.15, 0.2) is 6.07 Å². The molecule has 3 nitrogen and oxygen atoms in total. The number of aryl methyl sites for hydroxylation is 1. The fourth-order valence-electron chi connectivity index (χ4n) is 1.32. The molecule has 7 heteroatoms. The van der Waals surface area contributed by atoms with Gasteiger partial charge in [-0.1, -0.05) is 0 Å². The lowest BCUT2D eigenvalue weighted by atomic mass is 10.1. The maximum absolute atomic E-state index is 12.4. The van der Waals surface area contributed by atoms with Crippen molar-refractivity contribution in [3.05, 3.63) is 23.0 Å². The van der Waals surface area contributed by atoms with Crippen LogP contribution in [0.1, 0.15) is 17.0 Å². The lowest BCUT2D eigenvalue weighted by Gasteiger charge is -2.14. The zero-order chi connectivity index (χ0) is 13.1. The molecule has 0 saturated heterocycles. The van der Waals surface area contributed by atoms with Crippen LogP contribution in [0, 0.1) is 18.3 Å². The van der Waals surface area contributed by atoms with Gasteiger partial charge in [0, 0.05) is 0 Å². The summed E-state index contributed by atoms with van der Waals surface area (Å²) in [7, 11) is 0. The second kappa shape index (κ2) is 4.99. The third-order valence-electron chi connectivity index (χ3n) is 1.88. The third kappa shape index (κ3) is 3.59. The summed E-state index contributed by atoms with van der Waals surface area (Å²) in [5.74, 6) is -0.531. The third-order valence-corrected chi connectivity index (χ3v) is 1.88. The van der Waals surface area contributed by atoms with Crippen molar-refractivity contribution < 1.29 is 22.3 Å². The van der Waals surface area contributed by atoms with Crippen molar-refractivity contribution in [2.45, 2.75) is 26.4 Å². The van der Waals surface area contributed by atoms with E-state index in [1.165, 1.54) is 6.92 Å². The SMILES string of the molecule is Cc1cc(CF)nc(CC#N)c1OC(F)(F)F. The summed E-state index contributed by atoms with van der Waals surface area (Å²) in [6.07, 6.45) is -5.24. The molecule has 0 aliphatic heterocycles. The molecular formula is C10H8F4N2O.